The molecule has 0 aliphatic carbocycles. The van der Waals surface area contributed by atoms with E-state index in [1.165, 1.54) is 11.1 Å². The number of nitrogens with two attached hydrogens (primary N) is 1. The molecule has 0 radical (unpaired) electrons. The van der Waals surface area contributed by atoms with E-state index < -0.39 is 0 Å². The molecular formula is C13H15ClN2S. The molecule has 0 saturated heterocycles. The minimum atomic E-state index is 0.0743. The first-order valence-electron chi connectivity index (χ1n) is 5.45. The number of benzene rings is 1. The molecule has 1 aromatic heterocycles. The summed E-state index contributed by atoms with van der Waals surface area (Å²) >= 11 is 7.75. The summed E-state index contributed by atoms with van der Waals surface area (Å²) < 4.78 is 0. The van der Waals surface area contributed by atoms with Gasteiger partial charge in [-0.05, 0) is 30.4 Å². The normalized spacial score (nSPS) is 12.6. The lowest BCUT2D eigenvalue weighted by atomic mass is 10.0. The molecule has 0 amide bonds. The lowest BCUT2D eigenvalue weighted by molar-refractivity contribution is 0.561. The van der Waals surface area contributed by atoms with E-state index in [1.807, 2.05) is 11.4 Å². The van der Waals surface area contributed by atoms with Crippen LogP contribution in [0.15, 0.2) is 35.7 Å². The number of halogens is 1. The molecule has 0 aliphatic rings. The van der Waals surface area contributed by atoms with Crippen LogP contribution in [-0.2, 0) is 6.42 Å². The van der Waals surface area contributed by atoms with Crippen molar-refractivity contribution in [3.63, 3.8) is 0 Å². The summed E-state index contributed by atoms with van der Waals surface area (Å²) in [7, 11) is 0. The third-order valence-corrected chi connectivity index (χ3v) is 4.20. The molecule has 1 aromatic carbocycles. The first-order chi connectivity index (χ1) is 8.20. The molecule has 0 aliphatic heterocycles. The molecule has 0 fully saturated rings. The zero-order valence-electron chi connectivity index (χ0n) is 9.61. The predicted molar refractivity (Wildman–Crippen MR) is 74.3 cm³/mol. The highest BCUT2D eigenvalue weighted by Crippen LogP contribution is 2.30. The van der Waals surface area contributed by atoms with Crippen LogP contribution in [0.5, 0.6) is 0 Å². The molecule has 2 rings (SSSR count). The molecule has 17 heavy (non-hydrogen) atoms. The third-order valence-electron chi connectivity index (χ3n) is 2.72. The maximum Gasteiger partial charge on any atom is 0.0608 e. The highest BCUT2D eigenvalue weighted by atomic mass is 35.5. The molecule has 1 unspecified atom stereocenters. The zero-order valence-corrected chi connectivity index (χ0v) is 11.2. The quantitative estimate of drug-likeness (QED) is 0.657. The van der Waals surface area contributed by atoms with Crippen LogP contribution in [0, 0.1) is 6.92 Å². The van der Waals surface area contributed by atoms with Crippen molar-refractivity contribution in [2.45, 2.75) is 19.4 Å². The first kappa shape index (κ1) is 12.6. The summed E-state index contributed by atoms with van der Waals surface area (Å²) in [6.45, 7) is 2.08. The number of thiophene rings is 1. The Morgan fingerprint density at radius 2 is 2.00 bits per heavy atom. The van der Waals surface area contributed by atoms with E-state index in [0.29, 0.717) is 0 Å². The number of rotatable bonds is 4. The van der Waals surface area contributed by atoms with Crippen molar-refractivity contribution in [1.82, 2.24) is 5.43 Å². The maximum absolute atomic E-state index is 6.12. The van der Waals surface area contributed by atoms with Gasteiger partial charge in [0.15, 0.2) is 0 Å². The van der Waals surface area contributed by atoms with E-state index in [9.17, 15) is 0 Å². The molecule has 1 atom stereocenters. The van der Waals surface area contributed by atoms with E-state index in [2.05, 4.69) is 36.6 Å². The summed E-state index contributed by atoms with van der Waals surface area (Å²) in [6, 6.07) is 10.5. The molecule has 2 aromatic rings. The fourth-order valence-corrected chi connectivity index (χ4v) is 2.99. The molecule has 2 nitrogen and oxygen atoms in total. The van der Waals surface area contributed by atoms with Crippen LogP contribution in [0.2, 0.25) is 5.02 Å². The molecule has 0 saturated carbocycles. The van der Waals surface area contributed by atoms with Crippen molar-refractivity contribution in [2.75, 3.05) is 0 Å². The topological polar surface area (TPSA) is 38.0 Å². The third kappa shape index (κ3) is 3.07. The monoisotopic (exact) mass is 266 g/mol. The Hall–Kier alpha value is -0.870. The average Bonchev–Trinajstić information content (AvgIpc) is 2.75. The van der Waals surface area contributed by atoms with E-state index in [-0.39, 0.29) is 6.04 Å². The van der Waals surface area contributed by atoms with E-state index in [0.717, 1.165) is 16.3 Å². The van der Waals surface area contributed by atoms with Crippen LogP contribution >= 0.6 is 22.9 Å². The number of hydrogen-bond acceptors (Lipinski definition) is 3. The minimum absolute atomic E-state index is 0.0743. The highest BCUT2D eigenvalue weighted by molar-refractivity contribution is 7.10. The van der Waals surface area contributed by atoms with Crippen LogP contribution in [0.1, 0.15) is 22.0 Å². The fourth-order valence-electron chi connectivity index (χ4n) is 1.74. The second-order valence-electron chi connectivity index (χ2n) is 4.04. The van der Waals surface area contributed by atoms with Crippen molar-refractivity contribution >= 4 is 22.9 Å². The second kappa shape index (κ2) is 5.65. The SMILES string of the molecule is Cc1ccc(CC(NN)c2sccc2Cl)cc1. The molecular weight excluding hydrogens is 252 g/mol. The zero-order chi connectivity index (χ0) is 12.3. The van der Waals surface area contributed by atoms with Gasteiger partial charge >= 0.3 is 0 Å². The smallest absolute Gasteiger partial charge is 0.0608 e. The van der Waals surface area contributed by atoms with Crippen molar-refractivity contribution in [3.05, 3.63) is 56.7 Å². The molecule has 3 N–H and O–H groups in total. The Balaban J connectivity index is 2.16. The van der Waals surface area contributed by atoms with Gasteiger partial charge in [-0.15, -0.1) is 11.3 Å². The van der Waals surface area contributed by atoms with Gasteiger partial charge < -0.3 is 0 Å². The van der Waals surface area contributed by atoms with Crippen LogP contribution in [0.4, 0.5) is 0 Å². The van der Waals surface area contributed by atoms with Crippen LogP contribution < -0.4 is 11.3 Å². The summed E-state index contributed by atoms with van der Waals surface area (Å²) in [5.41, 5.74) is 5.35. The van der Waals surface area contributed by atoms with Crippen molar-refractivity contribution < 1.29 is 0 Å². The molecule has 1 heterocycles. The van der Waals surface area contributed by atoms with Gasteiger partial charge in [-0.2, -0.15) is 0 Å². The van der Waals surface area contributed by atoms with Gasteiger partial charge in [0, 0.05) is 4.88 Å². The predicted octanol–water partition coefficient (Wildman–Crippen LogP) is 3.46. The van der Waals surface area contributed by atoms with E-state index in [4.69, 9.17) is 17.4 Å². The van der Waals surface area contributed by atoms with Gasteiger partial charge in [0.25, 0.3) is 0 Å². The fraction of sp³-hybridized carbons (Fsp3) is 0.231. The summed E-state index contributed by atoms with van der Waals surface area (Å²) in [6.07, 6.45) is 0.844. The van der Waals surface area contributed by atoms with Crippen molar-refractivity contribution in [1.29, 1.82) is 0 Å². The van der Waals surface area contributed by atoms with E-state index in [1.54, 1.807) is 11.3 Å². The van der Waals surface area contributed by atoms with E-state index >= 15 is 0 Å². The second-order valence-corrected chi connectivity index (χ2v) is 5.40. The van der Waals surface area contributed by atoms with Crippen LogP contribution in [0.3, 0.4) is 0 Å². The van der Waals surface area contributed by atoms with Crippen molar-refractivity contribution in [2.24, 2.45) is 5.84 Å². The summed E-state index contributed by atoms with van der Waals surface area (Å²) in [4.78, 5) is 1.09. The van der Waals surface area contributed by atoms with Crippen LogP contribution in [0.25, 0.3) is 0 Å². The summed E-state index contributed by atoms with van der Waals surface area (Å²) in [5.74, 6) is 5.61. The van der Waals surface area contributed by atoms with Crippen molar-refractivity contribution in [3.8, 4) is 0 Å². The minimum Gasteiger partial charge on any atom is -0.271 e. The number of aryl methyl sites for hydroxylation is 1. The van der Waals surface area contributed by atoms with Gasteiger partial charge in [-0.3, -0.25) is 11.3 Å². The Kier molecular flexibility index (Phi) is 4.18. The van der Waals surface area contributed by atoms with Gasteiger partial charge in [0.05, 0.1) is 11.1 Å². The largest absolute Gasteiger partial charge is 0.271 e. The Morgan fingerprint density at radius 3 is 2.53 bits per heavy atom. The lowest BCUT2D eigenvalue weighted by Gasteiger charge is -2.15. The van der Waals surface area contributed by atoms with Gasteiger partial charge in [-0.1, -0.05) is 41.4 Å². The lowest BCUT2D eigenvalue weighted by Crippen LogP contribution is -2.29. The Bertz CT molecular complexity index is 478. The molecule has 90 valence electrons. The molecule has 4 heteroatoms. The van der Waals surface area contributed by atoms with Gasteiger partial charge in [0.1, 0.15) is 0 Å². The summed E-state index contributed by atoms with van der Waals surface area (Å²) in [5, 5.41) is 2.77. The number of hydrogen-bond donors (Lipinski definition) is 2. The van der Waals surface area contributed by atoms with Crippen LogP contribution in [-0.4, -0.2) is 0 Å². The Morgan fingerprint density at radius 1 is 1.29 bits per heavy atom. The molecule has 0 bridgehead atoms. The Labute approximate surface area is 110 Å². The molecule has 0 spiro atoms. The maximum atomic E-state index is 6.12. The highest BCUT2D eigenvalue weighted by Gasteiger charge is 2.15. The average molecular weight is 267 g/mol. The van der Waals surface area contributed by atoms with Gasteiger partial charge in [-0.25, -0.2) is 0 Å². The number of hydrazine groups is 1. The first-order valence-corrected chi connectivity index (χ1v) is 6.71. The number of nitrogens with one attached hydrogen (secondary N) is 1. The standard InChI is InChI=1S/C13H15ClN2S/c1-9-2-4-10(5-3-9)8-12(16-15)13-11(14)6-7-17-13/h2-7,12,16H,8,15H2,1H3. The van der Waals surface area contributed by atoms with Gasteiger partial charge in [0.2, 0.25) is 0 Å².